The van der Waals surface area contributed by atoms with Gasteiger partial charge in [0.25, 0.3) is 5.69 Å². The minimum Gasteiger partial charge on any atom is -0.376 e. The molecule has 6 heteroatoms. The third-order valence-electron chi connectivity index (χ3n) is 3.06. The minimum atomic E-state index is -0.390. The molecule has 1 aliphatic heterocycles. The van der Waals surface area contributed by atoms with Crippen LogP contribution in [-0.2, 0) is 4.74 Å². The molecular formula is C12H17N3O3. The average molecular weight is 251 g/mol. The first kappa shape index (κ1) is 12.8. The van der Waals surface area contributed by atoms with E-state index >= 15 is 0 Å². The number of anilines is 1. The zero-order valence-corrected chi connectivity index (χ0v) is 10.4. The highest BCUT2D eigenvalue weighted by Gasteiger charge is 2.15. The molecule has 2 rings (SSSR count). The maximum atomic E-state index is 10.8. The van der Waals surface area contributed by atoms with Crippen LogP contribution in [-0.4, -0.2) is 29.2 Å². The van der Waals surface area contributed by atoms with Crippen molar-refractivity contribution in [2.45, 2.75) is 32.3 Å². The number of ether oxygens (including phenoxy) is 1. The van der Waals surface area contributed by atoms with Crippen LogP contribution in [0.2, 0.25) is 0 Å². The van der Waals surface area contributed by atoms with E-state index in [4.69, 9.17) is 4.74 Å². The van der Waals surface area contributed by atoms with Gasteiger partial charge < -0.3 is 10.1 Å². The molecule has 98 valence electrons. The highest BCUT2D eigenvalue weighted by atomic mass is 16.6. The van der Waals surface area contributed by atoms with Gasteiger partial charge in [-0.15, -0.1) is 0 Å². The number of nitrogens with one attached hydrogen (secondary N) is 1. The predicted octanol–water partition coefficient (Wildman–Crippen LogP) is 2.28. The number of aryl methyl sites for hydroxylation is 1. The molecule has 0 radical (unpaired) electrons. The van der Waals surface area contributed by atoms with Crippen LogP contribution in [0.25, 0.3) is 0 Å². The Balaban J connectivity index is 1.96. The molecule has 0 spiro atoms. The van der Waals surface area contributed by atoms with E-state index in [9.17, 15) is 10.1 Å². The Morgan fingerprint density at radius 1 is 1.61 bits per heavy atom. The van der Waals surface area contributed by atoms with Crippen molar-refractivity contribution < 1.29 is 9.66 Å². The number of hydrogen-bond acceptors (Lipinski definition) is 5. The lowest BCUT2D eigenvalue weighted by Crippen LogP contribution is -2.27. The van der Waals surface area contributed by atoms with E-state index in [2.05, 4.69) is 10.3 Å². The van der Waals surface area contributed by atoms with E-state index in [-0.39, 0.29) is 16.7 Å². The largest absolute Gasteiger partial charge is 0.376 e. The molecule has 1 aromatic heterocycles. The summed E-state index contributed by atoms with van der Waals surface area (Å²) in [6, 6.07) is 1.47. The highest BCUT2D eigenvalue weighted by molar-refractivity contribution is 5.48. The monoisotopic (exact) mass is 251 g/mol. The summed E-state index contributed by atoms with van der Waals surface area (Å²) in [5.74, 6) is 0.529. The molecule has 0 bridgehead atoms. The number of nitrogens with zero attached hydrogens (tertiary/aromatic N) is 2. The molecule has 18 heavy (non-hydrogen) atoms. The quantitative estimate of drug-likeness (QED) is 0.656. The Morgan fingerprint density at radius 2 is 2.44 bits per heavy atom. The summed E-state index contributed by atoms with van der Waals surface area (Å²) in [5, 5.41) is 13.9. The van der Waals surface area contributed by atoms with Gasteiger partial charge in [-0.05, 0) is 26.2 Å². The van der Waals surface area contributed by atoms with Crippen LogP contribution in [0.1, 0.15) is 24.8 Å². The first-order chi connectivity index (χ1) is 8.66. The summed E-state index contributed by atoms with van der Waals surface area (Å²) in [7, 11) is 0. The van der Waals surface area contributed by atoms with Crippen molar-refractivity contribution in [3.63, 3.8) is 0 Å². The first-order valence-electron chi connectivity index (χ1n) is 6.13. The van der Waals surface area contributed by atoms with Crippen molar-refractivity contribution in [3.8, 4) is 0 Å². The van der Waals surface area contributed by atoms with Crippen LogP contribution in [0.15, 0.2) is 12.3 Å². The van der Waals surface area contributed by atoms with Crippen molar-refractivity contribution in [2.24, 2.45) is 0 Å². The molecule has 1 atom stereocenters. The Morgan fingerprint density at radius 3 is 3.11 bits per heavy atom. The normalized spacial score (nSPS) is 19.5. The lowest BCUT2D eigenvalue weighted by Gasteiger charge is -2.22. The highest BCUT2D eigenvalue weighted by Crippen LogP contribution is 2.20. The molecule has 1 aromatic rings. The summed E-state index contributed by atoms with van der Waals surface area (Å²) >= 11 is 0. The van der Waals surface area contributed by atoms with Gasteiger partial charge in [0.05, 0.1) is 17.1 Å². The topological polar surface area (TPSA) is 77.3 Å². The molecule has 1 aliphatic rings. The van der Waals surface area contributed by atoms with E-state index in [1.54, 1.807) is 6.92 Å². The van der Waals surface area contributed by atoms with Gasteiger partial charge in [-0.1, -0.05) is 0 Å². The smallest absolute Gasteiger partial charge is 0.277 e. The summed E-state index contributed by atoms with van der Waals surface area (Å²) in [6.07, 6.45) is 5.02. The Bertz CT molecular complexity index is 431. The van der Waals surface area contributed by atoms with E-state index in [1.807, 2.05) is 0 Å². The Kier molecular flexibility index (Phi) is 4.09. The second-order valence-electron chi connectivity index (χ2n) is 4.48. The fourth-order valence-electron chi connectivity index (χ4n) is 1.99. The standard InChI is InChI=1S/C12H17N3O3/c1-9-7-13-12(6-11(9)15(16)17)14-8-10-4-2-3-5-18-10/h6-7,10H,2-5,8H2,1H3,(H,13,14). The lowest BCUT2D eigenvalue weighted by atomic mass is 10.1. The van der Waals surface area contributed by atoms with Gasteiger partial charge in [0.1, 0.15) is 5.82 Å². The van der Waals surface area contributed by atoms with Gasteiger partial charge in [-0.2, -0.15) is 0 Å². The van der Waals surface area contributed by atoms with Gasteiger partial charge in [0, 0.05) is 24.9 Å². The number of nitro groups is 1. The number of hydrogen-bond donors (Lipinski definition) is 1. The zero-order chi connectivity index (χ0) is 13.0. The van der Waals surface area contributed by atoms with E-state index in [0.29, 0.717) is 17.9 Å². The number of pyridine rings is 1. The maximum Gasteiger partial charge on any atom is 0.277 e. The molecule has 0 saturated carbocycles. The van der Waals surface area contributed by atoms with Gasteiger partial charge in [-0.25, -0.2) is 4.98 Å². The third-order valence-corrected chi connectivity index (χ3v) is 3.06. The van der Waals surface area contributed by atoms with Crippen LogP contribution in [0.4, 0.5) is 11.5 Å². The Hall–Kier alpha value is -1.69. The van der Waals surface area contributed by atoms with Crippen LogP contribution < -0.4 is 5.32 Å². The molecular weight excluding hydrogens is 234 g/mol. The first-order valence-corrected chi connectivity index (χ1v) is 6.13. The fourth-order valence-corrected chi connectivity index (χ4v) is 1.99. The van der Waals surface area contributed by atoms with Crippen LogP contribution in [0.3, 0.4) is 0 Å². The number of rotatable bonds is 4. The molecule has 0 aliphatic carbocycles. The SMILES string of the molecule is Cc1cnc(NCC2CCCCO2)cc1[N+](=O)[O-]. The fraction of sp³-hybridized carbons (Fsp3) is 0.583. The molecule has 1 unspecified atom stereocenters. The van der Waals surface area contributed by atoms with Crippen LogP contribution in [0, 0.1) is 17.0 Å². The van der Waals surface area contributed by atoms with Crippen molar-refractivity contribution >= 4 is 11.5 Å². The molecule has 0 aromatic carbocycles. The minimum absolute atomic E-state index is 0.0945. The molecule has 1 saturated heterocycles. The van der Waals surface area contributed by atoms with Gasteiger partial charge >= 0.3 is 0 Å². The van der Waals surface area contributed by atoms with Gasteiger partial charge in [0.15, 0.2) is 0 Å². The molecule has 0 amide bonds. The predicted molar refractivity (Wildman–Crippen MR) is 67.7 cm³/mol. The summed E-state index contributed by atoms with van der Waals surface area (Å²) < 4.78 is 5.58. The molecule has 1 fully saturated rings. The lowest BCUT2D eigenvalue weighted by molar-refractivity contribution is -0.385. The number of aromatic nitrogens is 1. The van der Waals surface area contributed by atoms with Crippen molar-refractivity contribution in [3.05, 3.63) is 27.9 Å². The van der Waals surface area contributed by atoms with E-state index < -0.39 is 0 Å². The summed E-state index contributed by atoms with van der Waals surface area (Å²) in [6.45, 7) is 3.13. The Labute approximate surface area is 106 Å². The van der Waals surface area contributed by atoms with E-state index in [1.165, 1.54) is 18.7 Å². The van der Waals surface area contributed by atoms with Crippen molar-refractivity contribution in [1.82, 2.24) is 4.98 Å². The van der Waals surface area contributed by atoms with Crippen LogP contribution >= 0.6 is 0 Å². The second-order valence-corrected chi connectivity index (χ2v) is 4.48. The van der Waals surface area contributed by atoms with Gasteiger partial charge in [-0.3, -0.25) is 10.1 Å². The second kappa shape index (κ2) is 5.77. The molecule has 1 N–H and O–H groups in total. The summed E-state index contributed by atoms with van der Waals surface area (Å²) in [4.78, 5) is 14.6. The maximum absolute atomic E-state index is 10.8. The average Bonchev–Trinajstić information content (AvgIpc) is 2.38. The van der Waals surface area contributed by atoms with Crippen LogP contribution in [0.5, 0.6) is 0 Å². The third kappa shape index (κ3) is 3.16. The van der Waals surface area contributed by atoms with E-state index in [0.717, 1.165) is 19.4 Å². The molecule has 6 nitrogen and oxygen atoms in total. The zero-order valence-electron chi connectivity index (χ0n) is 10.4. The van der Waals surface area contributed by atoms with Crippen molar-refractivity contribution in [2.75, 3.05) is 18.5 Å². The summed E-state index contributed by atoms with van der Waals surface area (Å²) in [5.41, 5.74) is 0.663. The molecule has 2 heterocycles. The van der Waals surface area contributed by atoms with Gasteiger partial charge in [0.2, 0.25) is 0 Å². The van der Waals surface area contributed by atoms with Crippen molar-refractivity contribution in [1.29, 1.82) is 0 Å².